The van der Waals surface area contributed by atoms with Crippen molar-refractivity contribution < 1.29 is 18.6 Å². The Balaban J connectivity index is 1.48. The van der Waals surface area contributed by atoms with Gasteiger partial charge in [-0.15, -0.1) is 0 Å². The van der Waals surface area contributed by atoms with Gasteiger partial charge in [0, 0.05) is 43.9 Å². The molecule has 0 aliphatic carbocycles. The third kappa shape index (κ3) is 5.20. The zero-order valence-corrected chi connectivity index (χ0v) is 18.9. The van der Waals surface area contributed by atoms with Crippen LogP contribution in [0.5, 0.6) is 11.5 Å². The van der Waals surface area contributed by atoms with E-state index in [0.717, 1.165) is 37.9 Å². The van der Waals surface area contributed by atoms with Gasteiger partial charge in [-0.05, 0) is 37.1 Å². The molecule has 2 aromatic carbocycles. The average molecular weight is 461 g/mol. The predicted molar refractivity (Wildman–Crippen MR) is 123 cm³/mol. The van der Waals surface area contributed by atoms with Gasteiger partial charge in [0.1, 0.15) is 18.0 Å². The van der Waals surface area contributed by atoms with Gasteiger partial charge >= 0.3 is 0 Å². The quantitative estimate of drug-likeness (QED) is 0.465. The number of hydrogen-bond donors (Lipinski definition) is 1. The van der Waals surface area contributed by atoms with Gasteiger partial charge in [0.05, 0.1) is 30.4 Å². The van der Waals surface area contributed by atoms with Crippen LogP contribution in [0.25, 0.3) is 10.9 Å². The van der Waals surface area contributed by atoms with Gasteiger partial charge in [-0.2, -0.15) is 0 Å². The molecule has 0 amide bonds. The first-order chi connectivity index (χ1) is 15.6. The molecule has 0 spiro atoms. The van der Waals surface area contributed by atoms with E-state index in [-0.39, 0.29) is 5.02 Å². The first-order valence-electron chi connectivity index (χ1n) is 10.5. The molecule has 1 N–H and O–H groups in total. The van der Waals surface area contributed by atoms with E-state index < -0.39 is 5.82 Å². The lowest BCUT2D eigenvalue weighted by Crippen LogP contribution is -2.25. The summed E-state index contributed by atoms with van der Waals surface area (Å²) in [6, 6.07) is 8.10. The maximum Gasteiger partial charge on any atom is 0.162 e. The number of rotatable bonds is 9. The normalized spacial score (nSPS) is 16.4. The van der Waals surface area contributed by atoms with Gasteiger partial charge in [0.25, 0.3) is 0 Å². The van der Waals surface area contributed by atoms with Gasteiger partial charge in [0.2, 0.25) is 0 Å². The van der Waals surface area contributed by atoms with Crippen molar-refractivity contribution in [2.45, 2.75) is 18.9 Å². The minimum atomic E-state index is -0.475. The molecule has 1 aromatic heterocycles. The molecule has 1 atom stereocenters. The Kier molecular flexibility index (Phi) is 7.24. The lowest BCUT2D eigenvalue weighted by Gasteiger charge is -2.17. The van der Waals surface area contributed by atoms with Crippen LogP contribution in [0.4, 0.5) is 15.9 Å². The molecule has 0 bridgehead atoms. The standard InChI is InChI=1S/C23H26ClFN4O3/c1-30-16-6-8-29(13-16)7-3-9-32-22-11-17-20(12-21(22)31-2)26-14-27-23(17)28-15-4-5-19(25)18(24)10-15/h4-5,10-12,14,16H,3,6-9,13H2,1-2H3,(H,26,27,28). The van der Waals surface area contributed by atoms with Gasteiger partial charge < -0.3 is 24.4 Å². The second-order valence-electron chi connectivity index (χ2n) is 7.65. The van der Waals surface area contributed by atoms with E-state index >= 15 is 0 Å². The largest absolute Gasteiger partial charge is 0.493 e. The summed E-state index contributed by atoms with van der Waals surface area (Å²) < 4.78 is 30.5. The van der Waals surface area contributed by atoms with E-state index in [4.69, 9.17) is 25.8 Å². The van der Waals surface area contributed by atoms with Gasteiger partial charge in [-0.1, -0.05) is 11.6 Å². The minimum absolute atomic E-state index is 0.0360. The molecule has 4 rings (SSSR count). The monoisotopic (exact) mass is 460 g/mol. The van der Waals surface area contributed by atoms with Crippen LogP contribution < -0.4 is 14.8 Å². The number of ether oxygens (including phenoxy) is 3. The fraction of sp³-hybridized carbons (Fsp3) is 0.391. The van der Waals surface area contributed by atoms with Crippen molar-refractivity contribution in [1.82, 2.24) is 14.9 Å². The molecule has 1 fully saturated rings. The maximum atomic E-state index is 13.5. The number of nitrogens with zero attached hydrogens (tertiary/aromatic N) is 3. The number of benzene rings is 2. The fourth-order valence-corrected chi connectivity index (χ4v) is 3.99. The van der Waals surface area contributed by atoms with E-state index in [1.165, 1.54) is 18.5 Å². The average Bonchev–Trinajstić information content (AvgIpc) is 3.27. The van der Waals surface area contributed by atoms with Crippen LogP contribution >= 0.6 is 11.6 Å². The van der Waals surface area contributed by atoms with Crippen molar-refractivity contribution in [2.75, 3.05) is 45.8 Å². The summed E-state index contributed by atoms with van der Waals surface area (Å²) in [5.41, 5.74) is 1.32. The zero-order valence-electron chi connectivity index (χ0n) is 18.1. The highest BCUT2D eigenvalue weighted by Gasteiger charge is 2.21. The molecular formula is C23H26ClFN4O3. The molecule has 170 valence electrons. The van der Waals surface area contributed by atoms with Crippen LogP contribution in [-0.2, 0) is 4.74 Å². The number of anilines is 2. The lowest BCUT2D eigenvalue weighted by molar-refractivity contribution is 0.107. The molecule has 1 aliphatic heterocycles. The molecule has 9 heteroatoms. The molecule has 0 radical (unpaired) electrons. The Labute approximate surface area is 191 Å². The topological polar surface area (TPSA) is 68.7 Å². The van der Waals surface area contributed by atoms with Crippen molar-refractivity contribution in [3.8, 4) is 11.5 Å². The lowest BCUT2D eigenvalue weighted by atomic mass is 10.2. The van der Waals surface area contributed by atoms with E-state index in [9.17, 15) is 4.39 Å². The SMILES string of the molecule is COc1cc2ncnc(Nc3ccc(F)c(Cl)c3)c2cc1OCCCN1CCC(OC)C1. The number of nitrogens with one attached hydrogen (secondary N) is 1. The summed E-state index contributed by atoms with van der Waals surface area (Å²) in [4.78, 5) is 11.1. The Morgan fingerprint density at radius 3 is 2.81 bits per heavy atom. The first kappa shape index (κ1) is 22.5. The van der Waals surface area contributed by atoms with Crippen LogP contribution in [-0.4, -0.2) is 61.4 Å². The van der Waals surface area contributed by atoms with Crippen LogP contribution in [0, 0.1) is 5.82 Å². The van der Waals surface area contributed by atoms with Crippen molar-refractivity contribution in [3.63, 3.8) is 0 Å². The number of aromatic nitrogens is 2. The predicted octanol–water partition coefficient (Wildman–Crippen LogP) is 4.66. The maximum absolute atomic E-state index is 13.5. The zero-order chi connectivity index (χ0) is 22.5. The molecule has 0 saturated carbocycles. The highest BCUT2D eigenvalue weighted by molar-refractivity contribution is 6.31. The van der Waals surface area contributed by atoms with Crippen LogP contribution in [0.1, 0.15) is 12.8 Å². The molecule has 32 heavy (non-hydrogen) atoms. The van der Waals surface area contributed by atoms with Crippen molar-refractivity contribution >= 4 is 34.0 Å². The summed E-state index contributed by atoms with van der Waals surface area (Å²) >= 11 is 5.90. The second-order valence-corrected chi connectivity index (χ2v) is 8.05. The van der Waals surface area contributed by atoms with Crippen LogP contribution in [0.2, 0.25) is 5.02 Å². The summed E-state index contributed by atoms with van der Waals surface area (Å²) in [6.07, 6.45) is 3.75. The Morgan fingerprint density at radius 2 is 2.06 bits per heavy atom. The second kappa shape index (κ2) is 10.3. The number of hydrogen-bond acceptors (Lipinski definition) is 7. The smallest absolute Gasteiger partial charge is 0.162 e. The van der Waals surface area contributed by atoms with E-state index in [2.05, 4.69) is 20.2 Å². The molecule has 2 heterocycles. The Hall–Kier alpha value is -2.68. The van der Waals surface area contributed by atoms with Gasteiger partial charge in [-0.25, -0.2) is 14.4 Å². The molecule has 3 aromatic rings. The van der Waals surface area contributed by atoms with E-state index in [0.29, 0.717) is 41.2 Å². The molecular weight excluding hydrogens is 435 g/mol. The highest BCUT2D eigenvalue weighted by Crippen LogP contribution is 2.35. The van der Waals surface area contributed by atoms with Gasteiger partial charge in [-0.3, -0.25) is 0 Å². The fourth-order valence-electron chi connectivity index (χ4n) is 3.81. The van der Waals surface area contributed by atoms with Crippen molar-refractivity contribution in [2.24, 2.45) is 0 Å². The third-order valence-electron chi connectivity index (χ3n) is 5.54. The Morgan fingerprint density at radius 1 is 1.19 bits per heavy atom. The molecule has 1 aliphatic rings. The van der Waals surface area contributed by atoms with Crippen molar-refractivity contribution in [1.29, 1.82) is 0 Å². The van der Waals surface area contributed by atoms with Gasteiger partial charge in [0.15, 0.2) is 11.5 Å². The van der Waals surface area contributed by atoms with Crippen LogP contribution in [0.3, 0.4) is 0 Å². The molecule has 1 unspecified atom stereocenters. The number of likely N-dealkylation sites (tertiary alicyclic amines) is 1. The van der Waals surface area contributed by atoms with Crippen LogP contribution in [0.15, 0.2) is 36.7 Å². The van der Waals surface area contributed by atoms with Crippen molar-refractivity contribution in [3.05, 3.63) is 47.5 Å². The number of methoxy groups -OCH3 is 2. The summed E-state index contributed by atoms with van der Waals surface area (Å²) in [6.45, 7) is 3.53. The highest BCUT2D eigenvalue weighted by atomic mass is 35.5. The van der Waals surface area contributed by atoms with E-state index in [1.807, 2.05) is 12.1 Å². The number of halogens is 2. The summed E-state index contributed by atoms with van der Waals surface area (Å²) in [7, 11) is 3.37. The summed E-state index contributed by atoms with van der Waals surface area (Å²) in [5, 5.41) is 3.97. The molecule has 7 nitrogen and oxygen atoms in total. The number of fused-ring (bicyclic) bond motifs is 1. The third-order valence-corrected chi connectivity index (χ3v) is 5.83. The molecule has 1 saturated heterocycles. The first-order valence-corrected chi connectivity index (χ1v) is 10.9. The minimum Gasteiger partial charge on any atom is -0.493 e. The Bertz CT molecular complexity index is 1080. The van der Waals surface area contributed by atoms with E-state index in [1.54, 1.807) is 20.3 Å². The summed E-state index contributed by atoms with van der Waals surface area (Å²) in [5.74, 6) is 1.31.